The fourth-order valence-electron chi connectivity index (χ4n) is 3.20. The molecule has 0 aromatic rings. The standard InChI is InChI=1S/C14H26N2O/c1-15-10-8-13(9-11-15)16(2)14(17)12-6-4-3-5-7-12/h12-13H,3-11H2,1-2H3. The second kappa shape index (κ2) is 5.85. The number of amides is 1. The van der Waals surface area contributed by atoms with E-state index in [4.69, 9.17) is 0 Å². The molecule has 0 aromatic carbocycles. The molecule has 2 fully saturated rings. The topological polar surface area (TPSA) is 23.6 Å². The largest absolute Gasteiger partial charge is 0.342 e. The molecule has 2 rings (SSSR count). The molecule has 2 aliphatic rings. The molecule has 17 heavy (non-hydrogen) atoms. The van der Waals surface area contributed by atoms with Crippen molar-refractivity contribution in [2.45, 2.75) is 51.0 Å². The molecular weight excluding hydrogens is 212 g/mol. The van der Waals surface area contributed by atoms with Gasteiger partial charge in [-0.15, -0.1) is 0 Å². The van der Waals surface area contributed by atoms with Crippen molar-refractivity contribution in [3.8, 4) is 0 Å². The Morgan fingerprint density at radius 2 is 1.65 bits per heavy atom. The maximum absolute atomic E-state index is 12.4. The summed E-state index contributed by atoms with van der Waals surface area (Å²) in [7, 11) is 4.19. The first-order valence-electron chi connectivity index (χ1n) is 7.13. The molecule has 3 nitrogen and oxygen atoms in total. The average molecular weight is 238 g/mol. The summed E-state index contributed by atoms with van der Waals surface area (Å²) in [5, 5.41) is 0. The highest BCUT2D eigenvalue weighted by molar-refractivity contribution is 5.79. The second-order valence-corrected chi connectivity index (χ2v) is 5.82. The Labute approximate surface area is 105 Å². The summed E-state index contributed by atoms with van der Waals surface area (Å²) < 4.78 is 0. The number of carbonyl (C=O) groups is 1. The molecule has 1 amide bonds. The van der Waals surface area contributed by atoms with E-state index in [2.05, 4.69) is 16.8 Å². The van der Waals surface area contributed by atoms with Gasteiger partial charge in [0.15, 0.2) is 0 Å². The number of rotatable bonds is 2. The van der Waals surface area contributed by atoms with Crippen molar-refractivity contribution in [1.29, 1.82) is 0 Å². The van der Waals surface area contributed by atoms with Gasteiger partial charge in [-0.3, -0.25) is 4.79 Å². The molecule has 3 heteroatoms. The second-order valence-electron chi connectivity index (χ2n) is 5.82. The van der Waals surface area contributed by atoms with Crippen LogP contribution in [0.4, 0.5) is 0 Å². The van der Waals surface area contributed by atoms with E-state index in [1.165, 1.54) is 19.3 Å². The quantitative estimate of drug-likeness (QED) is 0.735. The van der Waals surface area contributed by atoms with E-state index in [1.54, 1.807) is 0 Å². The minimum atomic E-state index is 0.327. The summed E-state index contributed by atoms with van der Waals surface area (Å²) in [5.74, 6) is 0.743. The molecule has 1 saturated carbocycles. The first kappa shape index (κ1) is 12.9. The number of piperidine rings is 1. The van der Waals surface area contributed by atoms with Gasteiger partial charge in [-0.2, -0.15) is 0 Å². The highest BCUT2D eigenvalue weighted by atomic mass is 16.2. The maximum atomic E-state index is 12.4. The highest BCUT2D eigenvalue weighted by Crippen LogP contribution is 2.26. The third-order valence-corrected chi connectivity index (χ3v) is 4.54. The van der Waals surface area contributed by atoms with Crippen molar-refractivity contribution >= 4 is 5.91 Å². The lowest BCUT2D eigenvalue weighted by atomic mass is 9.87. The van der Waals surface area contributed by atoms with E-state index in [0.717, 1.165) is 38.8 Å². The molecule has 1 saturated heterocycles. The van der Waals surface area contributed by atoms with Gasteiger partial charge in [-0.25, -0.2) is 0 Å². The van der Waals surface area contributed by atoms with Crippen molar-refractivity contribution in [2.75, 3.05) is 27.2 Å². The highest BCUT2D eigenvalue weighted by Gasteiger charge is 2.29. The van der Waals surface area contributed by atoms with Crippen LogP contribution < -0.4 is 0 Å². The zero-order valence-electron chi connectivity index (χ0n) is 11.3. The summed E-state index contributed by atoms with van der Waals surface area (Å²) >= 11 is 0. The molecule has 0 spiro atoms. The zero-order chi connectivity index (χ0) is 12.3. The van der Waals surface area contributed by atoms with Gasteiger partial charge in [0, 0.05) is 19.0 Å². The lowest BCUT2D eigenvalue weighted by Gasteiger charge is -2.37. The number of likely N-dealkylation sites (tertiary alicyclic amines) is 1. The third-order valence-electron chi connectivity index (χ3n) is 4.54. The number of nitrogens with zero attached hydrogens (tertiary/aromatic N) is 2. The molecule has 0 atom stereocenters. The van der Waals surface area contributed by atoms with Gasteiger partial charge in [0.1, 0.15) is 0 Å². The molecule has 0 unspecified atom stereocenters. The minimum Gasteiger partial charge on any atom is -0.342 e. The van der Waals surface area contributed by atoms with Crippen LogP contribution in [0.3, 0.4) is 0 Å². The maximum Gasteiger partial charge on any atom is 0.225 e. The van der Waals surface area contributed by atoms with Crippen LogP contribution in [0.15, 0.2) is 0 Å². The number of hydrogen-bond donors (Lipinski definition) is 0. The van der Waals surface area contributed by atoms with Gasteiger partial charge in [-0.1, -0.05) is 19.3 Å². The summed E-state index contributed by atoms with van der Waals surface area (Å²) in [6.45, 7) is 2.26. The Bertz CT molecular complexity index is 253. The zero-order valence-corrected chi connectivity index (χ0v) is 11.3. The average Bonchev–Trinajstić information content (AvgIpc) is 2.39. The SMILES string of the molecule is CN1CCC(N(C)C(=O)C2CCCCC2)CC1. The Kier molecular flexibility index (Phi) is 4.43. The smallest absolute Gasteiger partial charge is 0.225 e. The first-order chi connectivity index (χ1) is 8.18. The van der Waals surface area contributed by atoms with Crippen LogP contribution in [0.5, 0.6) is 0 Å². The van der Waals surface area contributed by atoms with Crippen LogP contribution in [0, 0.1) is 5.92 Å². The van der Waals surface area contributed by atoms with Crippen molar-refractivity contribution in [1.82, 2.24) is 9.80 Å². The van der Waals surface area contributed by atoms with E-state index in [-0.39, 0.29) is 0 Å². The fourth-order valence-corrected chi connectivity index (χ4v) is 3.20. The van der Waals surface area contributed by atoms with Crippen LogP contribution in [0.2, 0.25) is 0 Å². The van der Waals surface area contributed by atoms with Crippen LogP contribution in [0.1, 0.15) is 44.9 Å². The van der Waals surface area contributed by atoms with E-state index in [0.29, 0.717) is 17.9 Å². The Morgan fingerprint density at radius 3 is 2.24 bits per heavy atom. The van der Waals surface area contributed by atoms with Gasteiger partial charge in [-0.05, 0) is 45.8 Å². The summed E-state index contributed by atoms with van der Waals surface area (Å²) in [6, 6.07) is 0.487. The molecule has 1 aliphatic carbocycles. The molecular formula is C14H26N2O. The first-order valence-corrected chi connectivity index (χ1v) is 7.13. The van der Waals surface area contributed by atoms with E-state index < -0.39 is 0 Å². The molecule has 98 valence electrons. The molecule has 1 aliphatic heterocycles. The van der Waals surface area contributed by atoms with E-state index >= 15 is 0 Å². The van der Waals surface area contributed by atoms with Crippen molar-refractivity contribution < 1.29 is 4.79 Å². The summed E-state index contributed by atoms with van der Waals surface area (Å²) in [5.41, 5.74) is 0. The minimum absolute atomic E-state index is 0.327. The van der Waals surface area contributed by atoms with E-state index in [9.17, 15) is 4.79 Å². The molecule has 0 aromatic heterocycles. The van der Waals surface area contributed by atoms with Crippen molar-refractivity contribution in [3.05, 3.63) is 0 Å². The Hall–Kier alpha value is -0.570. The molecule has 0 bridgehead atoms. The number of carbonyl (C=O) groups excluding carboxylic acids is 1. The molecule has 1 heterocycles. The van der Waals surface area contributed by atoms with Gasteiger partial charge < -0.3 is 9.80 Å². The van der Waals surface area contributed by atoms with Crippen molar-refractivity contribution in [2.24, 2.45) is 5.92 Å². The third kappa shape index (κ3) is 3.21. The predicted molar refractivity (Wildman–Crippen MR) is 69.9 cm³/mol. The fraction of sp³-hybridized carbons (Fsp3) is 0.929. The van der Waals surface area contributed by atoms with Crippen LogP contribution >= 0.6 is 0 Å². The summed E-state index contributed by atoms with van der Waals surface area (Å²) in [4.78, 5) is 16.8. The monoisotopic (exact) mass is 238 g/mol. The van der Waals surface area contributed by atoms with Crippen LogP contribution in [-0.4, -0.2) is 48.9 Å². The molecule has 0 N–H and O–H groups in total. The predicted octanol–water partition coefficient (Wildman–Crippen LogP) is 2.12. The lowest BCUT2D eigenvalue weighted by Crippen LogP contribution is -2.46. The Morgan fingerprint density at radius 1 is 1.06 bits per heavy atom. The van der Waals surface area contributed by atoms with Crippen LogP contribution in [0.25, 0.3) is 0 Å². The van der Waals surface area contributed by atoms with Gasteiger partial charge in [0.2, 0.25) is 5.91 Å². The Balaban J connectivity index is 1.85. The lowest BCUT2D eigenvalue weighted by molar-refractivity contribution is -0.138. The van der Waals surface area contributed by atoms with E-state index in [1.807, 2.05) is 7.05 Å². The van der Waals surface area contributed by atoms with Gasteiger partial charge in [0.05, 0.1) is 0 Å². The van der Waals surface area contributed by atoms with Gasteiger partial charge >= 0.3 is 0 Å². The molecule has 0 radical (unpaired) electrons. The van der Waals surface area contributed by atoms with Crippen molar-refractivity contribution in [3.63, 3.8) is 0 Å². The normalized spacial score (nSPS) is 24.8. The number of hydrogen-bond acceptors (Lipinski definition) is 2. The summed E-state index contributed by atoms with van der Waals surface area (Å²) in [6.07, 6.45) is 8.35. The van der Waals surface area contributed by atoms with Crippen LogP contribution in [-0.2, 0) is 4.79 Å². The van der Waals surface area contributed by atoms with Gasteiger partial charge in [0.25, 0.3) is 0 Å².